The van der Waals surface area contributed by atoms with E-state index in [1.54, 1.807) is 7.05 Å². The van der Waals surface area contributed by atoms with Crippen LogP contribution in [0.3, 0.4) is 0 Å². The van der Waals surface area contributed by atoms with Crippen LogP contribution in [-0.2, 0) is 4.79 Å². The number of hydrogen-bond acceptors (Lipinski definition) is 2. The molecular weight excluding hydrogens is 136 g/mol. The first kappa shape index (κ1) is 8.85. The van der Waals surface area contributed by atoms with E-state index in [-0.39, 0.29) is 11.8 Å². The Morgan fingerprint density at radius 3 is 2.73 bits per heavy atom. The molecule has 11 heavy (non-hydrogen) atoms. The summed E-state index contributed by atoms with van der Waals surface area (Å²) >= 11 is 0. The van der Waals surface area contributed by atoms with E-state index in [2.05, 4.69) is 5.32 Å². The molecule has 0 aromatic rings. The second kappa shape index (κ2) is 3.02. The molecule has 4 heteroatoms. The Balaban J connectivity index is 2.68. The van der Waals surface area contributed by atoms with Crippen molar-refractivity contribution in [3.8, 4) is 0 Å². The van der Waals surface area contributed by atoms with Gasteiger partial charge in [-0.1, -0.05) is 12.8 Å². The molecule has 1 fully saturated rings. The van der Waals surface area contributed by atoms with Crippen molar-refractivity contribution in [3.63, 3.8) is 0 Å². The summed E-state index contributed by atoms with van der Waals surface area (Å²) in [5.74, 6) is -0.0637. The lowest BCUT2D eigenvalue weighted by Crippen LogP contribution is -2.45. The van der Waals surface area contributed by atoms with Crippen LogP contribution in [0.15, 0.2) is 0 Å². The zero-order valence-corrected chi connectivity index (χ0v) is 6.76. The quantitative estimate of drug-likeness (QED) is 0.519. The minimum atomic E-state index is -1.09. The van der Waals surface area contributed by atoms with Crippen molar-refractivity contribution < 1.29 is 4.79 Å². The fourth-order valence-electron chi connectivity index (χ4n) is 1.45. The molecule has 0 aromatic heterocycles. The lowest BCUT2D eigenvalue weighted by atomic mass is 9.47. The molecular formula is C7H11B2NO. The summed E-state index contributed by atoms with van der Waals surface area (Å²) in [5.41, 5.74) is 0. The van der Waals surface area contributed by atoms with Gasteiger partial charge in [0.1, 0.15) is 5.78 Å². The van der Waals surface area contributed by atoms with Crippen molar-refractivity contribution in [2.45, 2.75) is 30.5 Å². The third kappa shape index (κ3) is 1.67. The van der Waals surface area contributed by atoms with Gasteiger partial charge in [0.15, 0.2) is 0 Å². The summed E-state index contributed by atoms with van der Waals surface area (Å²) in [6.07, 6.45) is 2.37. The minimum absolute atomic E-state index is 0.0637. The molecule has 1 aliphatic rings. The molecule has 1 N–H and O–H groups in total. The predicted molar refractivity (Wildman–Crippen MR) is 45.9 cm³/mol. The molecule has 0 aliphatic heterocycles. The molecule has 1 saturated carbocycles. The highest BCUT2D eigenvalue weighted by atomic mass is 16.1. The molecule has 1 unspecified atom stereocenters. The molecule has 1 atom stereocenters. The van der Waals surface area contributed by atoms with Gasteiger partial charge >= 0.3 is 0 Å². The summed E-state index contributed by atoms with van der Waals surface area (Å²) in [4.78, 5) is 11.4. The van der Waals surface area contributed by atoms with Gasteiger partial charge in [-0.2, -0.15) is 0 Å². The maximum absolute atomic E-state index is 11.4. The van der Waals surface area contributed by atoms with Gasteiger partial charge < -0.3 is 5.32 Å². The van der Waals surface area contributed by atoms with Crippen LogP contribution < -0.4 is 5.32 Å². The van der Waals surface area contributed by atoms with Crippen LogP contribution in [0.1, 0.15) is 19.3 Å². The van der Waals surface area contributed by atoms with E-state index in [1.807, 2.05) is 0 Å². The van der Waals surface area contributed by atoms with Crippen LogP contribution in [0.5, 0.6) is 0 Å². The summed E-state index contributed by atoms with van der Waals surface area (Å²) in [5, 5.41) is 1.81. The number of carbonyl (C=O) groups is 1. The first-order valence-electron chi connectivity index (χ1n) is 3.87. The average Bonchev–Trinajstić information content (AvgIpc) is 1.95. The number of ketones is 1. The summed E-state index contributed by atoms with van der Waals surface area (Å²) in [7, 11) is 12.9. The van der Waals surface area contributed by atoms with Crippen molar-refractivity contribution in [1.82, 2.24) is 5.32 Å². The largest absolute Gasteiger partial charge is 0.311 e. The first-order chi connectivity index (χ1) is 5.08. The molecule has 0 bridgehead atoms. The Labute approximate surface area is 69.9 Å². The maximum atomic E-state index is 11.4. The average molecular weight is 147 g/mol. The Kier molecular flexibility index (Phi) is 2.43. The number of nitrogens with one attached hydrogen (secondary N) is 1. The van der Waals surface area contributed by atoms with Gasteiger partial charge in [-0.15, -0.1) is 0 Å². The van der Waals surface area contributed by atoms with Crippen molar-refractivity contribution in [3.05, 3.63) is 0 Å². The van der Waals surface area contributed by atoms with Crippen LogP contribution in [0.25, 0.3) is 0 Å². The van der Waals surface area contributed by atoms with Crippen LogP contribution in [-0.4, -0.2) is 34.6 Å². The zero-order chi connectivity index (χ0) is 8.48. The number of Topliss-reactive ketones (excluding diaryl/α,β-unsaturated/α-hetero) is 1. The van der Waals surface area contributed by atoms with Crippen LogP contribution in [0.2, 0.25) is 5.21 Å². The fraction of sp³-hybridized carbons (Fsp3) is 0.857. The molecule has 56 valence electrons. The minimum Gasteiger partial charge on any atom is -0.311 e. The van der Waals surface area contributed by atoms with E-state index in [9.17, 15) is 4.79 Å². The van der Waals surface area contributed by atoms with Gasteiger partial charge in [-0.3, -0.25) is 4.79 Å². The predicted octanol–water partition coefficient (Wildman–Crippen LogP) is -0.219. The second-order valence-electron chi connectivity index (χ2n) is 3.14. The standard InChI is InChI=1S/C7H11B2NO/c1-10-5-3-2-4-7(8,9)6(5)11/h5,10H,2-4H2,1H3. The number of likely N-dealkylation sites (N-methyl/N-ethyl adjacent to an activating group) is 1. The van der Waals surface area contributed by atoms with E-state index in [1.165, 1.54) is 0 Å². The van der Waals surface area contributed by atoms with Crippen molar-refractivity contribution >= 4 is 21.5 Å². The zero-order valence-electron chi connectivity index (χ0n) is 6.76. The van der Waals surface area contributed by atoms with E-state index in [4.69, 9.17) is 15.7 Å². The lowest BCUT2D eigenvalue weighted by molar-refractivity contribution is -0.123. The Hall–Kier alpha value is -0.240. The highest BCUT2D eigenvalue weighted by molar-refractivity contribution is 6.51. The molecule has 1 rings (SSSR count). The summed E-state index contributed by atoms with van der Waals surface area (Å²) in [6, 6.07) is -0.140. The van der Waals surface area contributed by atoms with Gasteiger partial charge in [0, 0.05) is 0 Å². The van der Waals surface area contributed by atoms with Gasteiger partial charge in [-0.05, 0) is 18.7 Å². The monoisotopic (exact) mass is 147 g/mol. The van der Waals surface area contributed by atoms with Gasteiger partial charge in [-0.25, -0.2) is 0 Å². The summed E-state index contributed by atoms with van der Waals surface area (Å²) in [6.45, 7) is 0. The Bertz CT molecular complexity index is 170. The fourth-order valence-corrected chi connectivity index (χ4v) is 1.45. The summed E-state index contributed by atoms with van der Waals surface area (Å²) < 4.78 is 0. The third-order valence-electron chi connectivity index (χ3n) is 2.21. The molecule has 0 aromatic carbocycles. The normalized spacial score (nSPS) is 30.3. The van der Waals surface area contributed by atoms with Crippen LogP contribution >= 0.6 is 0 Å². The van der Waals surface area contributed by atoms with E-state index in [0.717, 1.165) is 12.8 Å². The highest BCUT2D eigenvalue weighted by Gasteiger charge is 2.34. The highest BCUT2D eigenvalue weighted by Crippen LogP contribution is 2.32. The Morgan fingerprint density at radius 2 is 2.27 bits per heavy atom. The van der Waals surface area contributed by atoms with Crippen molar-refractivity contribution in [2.24, 2.45) is 0 Å². The van der Waals surface area contributed by atoms with Crippen LogP contribution in [0, 0.1) is 0 Å². The molecule has 0 spiro atoms. The number of hydrogen-bond donors (Lipinski definition) is 1. The molecule has 0 saturated heterocycles. The van der Waals surface area contributed by atoms with Crippen molar-refractivity contribution in [1.29, 1.82) is 0 Å². The van der Waals surface area contributed by atoms with Crippen molar-refractivity contribution in [2.75, 3.05) is 7.05 Å². The van der Waals surface area contributed by atoms with Gasteiger partial charge in [0.05, 0.1) is 21.7 Å². The number of rotatable bonds is 1. The van der Waals surface area contributed by atoms with Gasteiger partial charge in [0.25, 0.3) is 0 Å². The first-order valence-corrected chi connectivity index (χ1v) is 3.87. The maximum Gasteiger partial charge on any atom is 0.139 e. The second-order valence-corrected chi connectivity index (χ2v) is 3.14. The SMILES string of the molecule is [B]C1([B])CCCC(NC)C1=O. The topological polar surface area (TPSA) is 29.1 Å². The third-order valence-corrected chi connectivity index (χ3v) is 2.21. The van der Waals surface area contributed by atoms with E-state index < -0.39 is 5.21 Å². The smallest absolute Gasteiger partial charge is 0.139 e. The lowest BCUT2D eigenvalue weighted by Gasteiger charge is -2.34. The Morgan fingerprint density at radius 1 is 1.64 bits per heavy atom. The molecule has 1 aliphatic carbocycles. The van der Waals surface area contributed by atoms with E-state index in [0.29, 0.717) is 6.42 Å². The number of carbonyl (C=O) groups excluding carboxylic acids is 1. The molecule has 4 radical (unpaired) electrons. The van der Waals surface area contributed by atoms with Gasteiger partial charge in [0.2, 0.25) is 0 Å². The molecule has 0 amide bonds. The molecule has 0 heterocycles. The molecule has 2 nitrogen and oxygen atoms in total. The van der Waals surface area contributed by atoms with Crippen LogP contribution in [0.4, 0.5) is 0 Å². The van der Waals surface area contributed by atoms with E-state index >= 15 is 0 Å².